The Hall–Kier alpha value is -2.22. The summed E-state index contributed by atoms with van der Waals surface area (Å²) in [6.45, 7) is 3.17. The van der Waals surface area contributed by atoms with Crippen LogP contribution in [0.4, 0.5) is 26.3 Å². The molecular formula is C19H18F6O2. The molecule has 0 aliphatic carbocycles. The summed E-state index contributed by atoms with van der Waals surface area (Å²) in [6, 6.07) is 7.75. The van der Waals surface area contributed by atoms with Gasteiger partial charge in [0.05, 0.1) is 11.7 Å². The van der Waals surface area contributed by atoms with Crippen molar-refractivity contribution in [1.29, 1.82) is 0 Å². The van der Waals surface area contributed by atoms with Gasteiger partial charge in [0.15, 0.2) is 0 Å². The van der Waals surface area contributed by atoms with Crippen LogP contribution in [0, 0.1) is 5.82 Å². The number of rotatable bonds is 7. The number of aryl methyl sites for hydroxylation is 1. The third kappa shape index (κ3) is 5.89. The number of hydrogen-bond acceptors (Lipinski definition) is 2. The molecule has 0 fully saturated rings. The maximum Gasteiger partial charge on any atom is 0.573 e. The van der Waals surface area contributed by atoms with Gasteiger partial charge in [-0.3, -0.25) is 0 Å². The number of alkyl halides is 5. The summed E-state index contributed by atoms with van der Waals surface area (Å²) in [7, 11) is 0. The second-order valence-corrected chi connectivity index (χ2v) is 5.96. The molecule has 0 spiro atoms. The summed E-state index contributed by atoms with van der Waals surface area (Å²) in [6.07, 6.45) is -8.65. The van der Waals surface area contributed by atoms with Crippen molar-refractivity contribution in [2.45, 2.75) is 45.3 Å². The zero-order valence-electron chi connectivity index (χ0n) is 14.6. The number of benzene rings is 2. The van der Waals surface area contributed by atoms with Gasteiger partial charge in [-0.2, -0.15) is 8.78 Å². The lowest BCUT2D eigenvalue weighted by atomic mass is 10.1. The quantitative estimate of drug-likeness (QED) is 0.501. The summed E-state index contributed by atoms with van der Waals surface area (Å²) >= 11 is 0. The lowest BCUT2D eigenvalue weighted by molar-refractivity contribution is -0.274. The van der Waals surface area contributed by atoms with E-state index in [1.807, 2.05) is 6.92 Å². The van der Waals surface area contributed by atoms with Gasteiger partial charge in [0.2, 0.25) is 0 Å². The molecule has 0 amide bonds. The molecule has 0 aliphatic heterocycles. The summed E-state index contributed by atoms with van der Waals surface area (Å²) in [4.78, 5) is 0. The molecule has 0 bridgehead atoms. The van der Waals surface area contributed by atoms with E-state index in [9.17, 15) is 26.3 Å². The van der Waals surface area contributed by atoms with Gasteiger partial charge in [-0.15, -0.1) is 13.2 Å². The molecule has 0 saturated carbocycles. The Morgan fingerprint density at radius 1 is 0.963 bits per heavy atom. The van der Waals surface area contributed by atoms with Crippen LogP contribution in [0.1, 0.15) is 43.1 Å². The second-order valence-electron chi connectivity index (χ2n) is 5.96. The average Bonchev–Trinajstić information content (AvgIpc) is 2.53. The van der Waals surface area contributed by atoms with Crippen LogP contribution in [0.5, 0.6) is 5.75 Å². The maximum atomic E-state index is 14.3. The number of hydrogen-bond donors (Lipinski definition) is 0. The van der Waals surface area contributed by atoms with Crippen LogP contribution in [-0.4, -0.2) is 6.36 Å². The molecule has 2 aromatic carbocycles. The minimum Gasteiger partial charge on any atom is -0.406 e. The molecule has 0 saturated heterocycles. The molecule has 0 aromatic heterocycles. The topological polar surface area (TPSA) is 18.5 Å². The first-order chi connectivity index (χ1) is 12.5. The predicted octanol–water partition coefficient (Wildman–Crippen LogP) is 6.50. The summed E-state index contributed by atoms with van der Waals surface area (Å²) in [5, 5.41) is 0. The summed E-state index contributed by atoms with van der Waals surface area (Å²) in [5.74, 6) is -1.56. The van der Waals surface area contributed by atoms with Crippen LogP contribution in [-0.2, 0) is 17.3 Å². The van der Waals surface area contributed by atoms with Crippen molar-refractivity contribution < 1.29 is 35.8 Å². The first-order valence-electron chi connectivity index (χ1n) is 8.22. The second kappa shape index (κ2) is 8.21. The Kier molecular flexibility index (Phi) is 6.41. The summed E-state index contributed by atoms with van der Waals surface area (Å²) < 4.78 is 87.6. The Morgan fingerprint density at radius 2 is 1.59 bits per heavy atom. The van der Waals surface area contributed by atoms with E-state index in [1.165, 1.54) is 25.1 Å². The molecule has 0 N–H and O–H groups in total. The zero-order chi connectivity index (χ0) is 20.2. The smallest absolute Gasteiger partial charge is 0.406 e. The van der Waals surface area contributed by atoms with E-state index in [0.717, 1.165) is 30.7 Å². The van der Waals surface area contributed by atoms with Crippen molar-refractivity contribution in [1.82, 2.24) is 0 Å². The van der Waals surface area contributed by atoms with E-state index in [1.54, 1.807) is 0 Å². The van der Waals surface area contributed by atoms with Crippen molar-refractivity contribution >= 4 is 0 Å². The van der Waals surface area contributed by atoms with Crippen LogP contribution >= 0.6 is 0 Å². The van der Waals surface area contributed by atoms with Gasteiger partial charge in [0, 0.05) is 0 Å². The first-order valence-corrected chi connectivity index (χ1v) is 8.22. The lowest BCUT2D eigenvalue weighted by Gasteiger charge is -2.23. The fraction of sp³-hybridized carbons (Fsp3) is 0.368. The molecule has 2 rings (SSSR count). The molecule has 8 heteroatoms. The molecule has 1 atom stereocenters. The average molecular weight is 392 g/mol. The molecule has 2 aromatic rings. The normalized spacial score (nSPS) is 13.5. The standard InChI is InChI=1S/C19H18F6O2/c1-3-4-13-5-10-16(17(20)11-13)18(21,22)26-12(2)14-6-8-15(9-7-14)27-19(23,24)25/h5-12H,3-4H2,1-2H3. The van der Waals surface area contributed by atoms with Crippen molar-refractivity contribution in [3.8, 4) is 5.75 Å². The Balaban J connectivity index is 2.12. The van der Waals surface area contributed by atoms with Gasteiger partial charge in [0.1, 0.15) is 11.6 Å². The molecular weight excluding hydrogens is 374 g/mol. The lowest BCUT2D eigenvalue weighted by Crippen LogP contribution is -2.22. The molecule has 1 unspecified atom stereocenters. The fourth-order valence-corrected chi connectivity index (χ4v) is 2.53. The molecule has 2 nitrogen and oxygen atoms in total. The summed E-state index contributed by atoms with van der Waals surface area (Å²) in [5.41, 5.74) is -0.110. The Bertz CT molecular complexity index is 756. The van der Waals surface area contributed by atoms with Crippen LogP contribution < -0.4 is 4.74 Å². The van der Waals surface area contributed by atoms with E-state index in [4.69, 9.17) is 4.74 Å². The van der Waals surface area contributed by atoms with Crippen molar-refractivity contribution in [2.24, 2.45) is 0 Å². The van der Waals surface area contributed by atoms with Crippen LogP contribution in [0.3, 0.4) is 0 Å². The molecule has 27 heavy (non-hydrogen) atoms. The Labute approximate surface area is 152 Å². The minimum absolute atomic E-state index is 0.187. The molecule has 0 radical (unpaired) electrons. The highest BCUT2D eigenvalue weighted by atomic mass is 19.4. The third-order valence-corrected chi connectivity index (χ3v) is 3.79. The maximum absolute atomic E-state index is 14.3. The van der Waals surface area contributed by atoms with Gasteiger partial charge >= 0.3 is 12.5 Å². The predicted molar refractivity (Wildman–Crippen MR) is 86.9 cm³/mol. The van der Waals surface area contributed by atoms with Crippen molar-refractivity contribution in [3.63, 3.8) is 0 Å². The highest BCUT2D eigenvalue weighted by Gasteiger charge is 2.38. The van der Waals surface area contributed by atoms with Crippen molar-refractivity contribution in [3.05, 3.63) is 65.0 Å². The molecule has 148 valence electrons. The van der Waals surface area contributed by atoms with Crippen LogP contribution in [0.2, 0.25) is 0 Å². The van der Waals surface area contributed by atoms with Gasteiger partial charge < -0.3 is 9.47 Å². The largest absolute Gasteiger partial charge is 0.573 e. The fourth-order valence-electron chi connectivity index (χ4n) is 2.53. The SMILES string of the molecule is CCCc1ccc(C(F)(F)OC(C)c2ccc(OC(F)(F)F)cc2)c(F)c1. The van der Waals surface area contributed by atoms with Gasteiger partial charge in [-0.25, -0.2) is 4.39 Å². The van der Waals surface area contributed by atoms with Gasteiger partial charge in [-0.1, -0.05) is 31.5 Å². The first kappa shape index (κ1) is 21.1. The molecule has 0 heterocycles. The van der Waals surface area contributed by atoms with E-state index >= 15 is 0 Å². The zero-order valence-corrected chi connectivity index (χ0v) is 14.6. The molecule has 0 aliphatic rings. The third-order valence-electron chi connectivity index (χ3n) is 3.79. The van der Waals surface area contributed by atoms with Gasteiger partial charge in [0.25, 0.3) is 0 Å². The minimum atomic E-state index is -4.85. The Morgan fingerprint density at radius 3 is 2.11 bits per heavy atom. The van der Waals surface area contributed by atoms with Crippen molar-refractivity contribution in [2.75, 3.05) is 0 Å². The number of ether oxygens (including phenoxy) is 2. The van der Waals surface area contributed by atoms with Crippen LogP contribution in [0.15, 0.2) is 42.5 Å². The van der Waals surface area contributed by atoms with E-state index in [0.29, 0.717) is 12.0 Å². The van der Waals surface area contributed by atoms with E-state index < -0.39 is 35.7 Å². The highest BCUT2D eigenvalue weighted by molar-refractivity contribution is 5.29. The monoisotopic (exact) mass is 392 g/mol. The highest BCUT2D eigenvalue weighted by Crippen LogP contribution is 2.37. The number of halogens is 6. The van der Waals surface area contributed by atoms with Gasteiger partial charge in [-0.05, 0) is 48.7 Å². The van der Waals surface area contributed by atoms with E-state index in [-0.39, 0.29) is 5.56 Å². The van der Waals surface area contributed by atoms with E-state index in [2.05, 4.69) is 4.74 Å². The van der Waals surface area contributed by atoms with Crippen LogP contribution in [0.25, 0.3) is 0 Å².